The normalized spacial score (nSPS) is 27.7. The molecule has 2 fully saturated rings. The Kier molecular flexibility index (Phi) is 6.93. The number of nitrogens with one attached hydrogen (secondary N) is 1. The Hall–Kier alpha value is -0.160. The van der Waals surface area contributed by atoms with Gasteiger partial charge in [-0.15, -0.1) is 0 Å². The third-order valence-electron chi connectivity index (χ3n) is 4.70. The first-order chi connectivity index (χ1) is 10.1. The van der Waals surface area contributed by atoms with Crippen LogP contribution in [0.5, 0.6) is 0 Å². The van der Waals surface area contributed by atoms with Crippen molar-refractivity contribution in [2.24, 2.45) is 11.3 Å². The van der Waals surface area contributed by atoms with Gasteiger partial charge in [0.15, 0.2) is 0 Å². The van der Waals surface area contributed by atoms with Crippen LogP contribution < -0.4 is 5.32 Å². The molecule has 1 atom stereocenters. The lowest BCUT2D eigenvalue weighted by Gasteiger charge is -2.41. The molecule has 2 rings (SSSR count). The third kappa shape index (κ3) is 5.85. The molecule has 0 aromatic heterocycles. The van der Waals surface area contributed by atoms with E-state index >= 15 is 0 Å². The molecule has 0 aromatic carbocycles. The molecule has 0 saturated carbocycles. The maximum absolute atomic E-state index is 5.79. The zero-order valence-electron chi connectivity index (χ0n) is 14.2. The lowest BCUT2D eigenvalue weighted by Crippen LogP contribution is -2.49. The molecule has 1 unspecified atom stereocenters. The van der Waals surface area contributed by atoms with Crippen molar-refractivity contribution in [3.05, 3.63) is 0 Å². The van der Waals surface area contributed by atoms with Crippen LogP contribution in [0.2, 0.25) is 0 Å². The Labute approximate surface area is 130 Å². The molecule has 2 aliphatic rings. The fourth-order valence-corrected chi connectivity index (χ4v) is 3.52. The highest BCUT2D eigenvalue weighted by molar-refractivity contribution is 4.88. The molecule has 21 heavy (non-hydrogen) atoms. The van der Waals surface area contributed by atoms with Crippen LogP contribution in [-0.4, -0.2) is 63.5 Å². The number of rotatable bonds is 6. The lowest BCUT2D eigenvalue weighted by molar-refractivity contribution is -0.00883. The first-order valence-electron chi connectivity index (χ1n) is 8.72. The first-order valence-corrected chi connectivity index (χ1v) is 8.72. The second-order valence-electron chi connectivity index (χ2n) is 7.41. The van der Waals surface area contributed by atoms with E-state index in [1.54, 1.807) is 0 Å². The van der Waals surface area contributed by atoms with E-state index in [4.69, 9.17) is 9.47 Å². The predicted octanol–water partition coefficient (Wildman–Crippen LogP) is 2.14. The van der Waals surface area contributed by atoms with Crippen molar-refractivity contribution in [2.45, 2.75) is 46.1 Å². The highest BCUT2D eigenvalue weighted by Gasteiger charge is 2.34. The van der Waals surface area contributed by atoms with Gasteiger partial charge in [0, 0.05) is 46.0 Å². The molecular weight excluding hydrogens is 264 g/mol. The molecule has 2 saturated heterocycles. The van der Waals surface area contributed by atoms with E-state index in [9.17, 15) is 0 Å². The highest BCUT2D eigenvalue weighted by Crippen LogP contribution is 2.31. The Morgan fingerprint density at radius 1 is 1.24 bits per heavy atom. The summed E-state index contributed by atoms with van der Waals surface area (Å²) in [5.74, 6) is 0.716. The van der Waals surface area contributed by atoms with Crippen LogP contribution in [-0.2, 0) is 9.47 Å². The van der Waals surface area contributed by atoms with E-state index in [2.05, 4.69) is 31.0 Å². The molecule has 4 nitrogen and oxygen atoms in total. The van der Waals surface area contributed by atoms with E-state index < -0.39 is 0 Å². The summed E-state index contributed by atoms with van der Waals surface area (Å²) in [5, 5.41) is 3.70. The van der Waals surface area contributed by atoms with Gasteiger partial charge in [-0.2, -0.15) is 0 Å². The Balaban J connectivity index is 1.91. The van der Waals surface area contributed by atoms with Crippen molar-refractivity contribution >= 4 is 0 Å². The van der Waals surface area contributed by atoms with Gasteiger partial charge in [0.2, 0.25) is 0 Å². The van der Waals surface area contributed by atoms with Crippen molar-refractivity contribution in [1.29, 1.82) is 0 Å². The van der Waals surface area contributed by atoms with Gasteiger partial charge in [0.1, 0.15) is 0 Å². The van der Waals surface area contributed by atoms with E-state index in [0.717, 1.165) is 45.9 Å². The van der Waals surface area contributed by atoms with Gasteiger partial charge in [-0.25, -0.2) is 0 Å². The minimum Gasteiger partial charge on any atom is -0.381 e. The summed E-state index contributed by atoms with van der Waals surface area (Å²) in [7, 11) is 0. The van der Waals surface area contributed by atoms with Gasteiger partial charge in [-0.1, -0.05) is 13.8 Å². The average Bonchev–Trinajstić information content (AvgIpc) is 2.63. The molecule has 0 spiro atoms. The molecular formula is C17H34N2O2. The smallest absolute Gasteiger partial charge is 0.0673 e. The van der Waals surface area contributed by atoms with Gasteiger partial charge in [0.25, 0.3) is 0 Å². The van der Waals surface area contributed by atoms with Crippen LogP contribution in [0.3, 0.4) is 0 Å². The molecule has 0 aromatic rings. The number of nitrogens with zero attached hydrogens (tertiary/aromatic N) is 1. The zero-order valence-corrected chi connectivity index (χ0v) is 14.2. The Morgan fingerprint density at radius 2 is 2.00 bits per heavy atom. The summed E-state index contributed by atoms with van der Waals surface area (Å²) in [6.07, 6.45) is 3.90. The van der Waals surface area contributed by atoms with E-state index in [1.165, 1.54) is 25.9 Å². The SMILES string of the molecule is CC(C)CNCC1(CN2CCCOC(C)C2)CCOCC1. The molecule has 0 aliphatic carbocycles. The fourth-order valence-electron chi connectivity index (χ4n) is 3.52. The molecule has 2 heterocycles. The minimum absolute atomic E-state index is 0.369. The first kappa shape index (κ1) is 17.2. The fraction of sp³-hybridized carbons (Fsp3) is 1.00. The zero-order chi connectivity index (χ0) is 15.1. The number of ether oxygens (including phenoxy) is 2. The summed E-state index contributed by atoms with van der Waals surface area (Å²) in [6, 6.07) is 0. The predicted molar refractivity (Wildman–Crippen MR) is 86.7 cm³/mol. The van der Waals surface area contributed by atoms with Gasteiger partial charge in [-0.3, -0.25) is 0 Å². The molecule has 124 valence electrons. The van der Waals surface area contributed by atoms with Crippen molar-refractivity contribution in [2.75, 3.05) is 52.5 Å². The topological polar surface area (TPSA) is 33.7 Å². The molecule has 4 heteroatoms. The minimum atomic E-state index is 0.369. The van der Waals surface area contributed by atoms with Gasteiger partial charge >= 0.3 is 0 Å². The third-order valence-corrected chi connectivity index (χ3v) is 4.70. The Bertz CT molecular complexity index is 291. The standard InChI is InChI=1S/C17H34N2O2/c1-15(2)11-18-13-17(5-9-20-10-6-17)14-19-7-4-8-21-16(3)12-19/h15-16,18H,4-14H2,1-3H3. The van der Waals surface area contributed by atoms with Crippen LogP contribution in [0.4, 0.5) is 0 Å². The summed E-state index contributed by atoms with van der Waals surface area (Å²) in [6.45, 7) is 15.2. The lowest BCUT2D eigenvalue weighted by atomic mass is 9.79. The summed E-state index contributed by atoms with van der Waals surface area (Å²) >= 11 is 0. The summed E-state index contributed by atoms with van der Waals surface area (Å²) in [4.78, 5) is 2.63. The van der Waals surface area contributed by atoms with Crippen LogP contribution in [0.25, 0.3) is 0 Å². The van der Waals surface area contributed by atoms with Crippen LogP contribution >= 0.6 is 0 Å². The van der Waals surface area contributed by atoms with Gasteiger partial charge < -0.3 is 19.7 Å². The van der Waals surface area contributed by atoms with E-state index in [0.29, 0.717) is 17.4 Å². The van der Waals surface area contributed by atoms with Crippen LogP contribution in [0.15, 0.2) is 0 Å². The molecule has 0 amide bonds. The van der Waals surface area contributed by atoms with Crippen molar-refractivity contribution < 1.29 is 9.47 Å². The number of hydrogen-bond acceptors (Lipinski definition) is 4. The largest absolute Gasteiger partial charge is 0.381 e. The van der Waals surface area contributed by atoms with Crippen molar-refractivity contribution in [1.82, 2.24) is 10.2 Å². The molecule has 2 aliphatic heterocycles. The average molecular weight is 298 g/mol. The van der Waals surface area contributed by atoms with E-state index in [-0.39, 0.29) is 0 Å². The van der Waals surface area contributed by atoms with Gasteiger partial charge in [-0.05, 0) is 44.1 Å². The Morgan fingerprint density at radius 3 is 2.71 bits per heavy atom. The monoisotopic (exact) mass is 298 g/mol. The molecule has 1 N–H and O–H groups in total. The maximum atomic E-state index is 5.79. The van der Waals surface area contributed by atoms with Crippen molar-refractivity contribution in [3.8, 4) is 0 Å². The number of hydrogen-bond donors (Lipinski definition) is 1. The van der Waals surface area contributed by atoms with E-state index in [1.807, 2.05) is 0 Å². The van der Waals surface area contributed by atoms with Crippen molar-refractivity contribution in [3.63, 3.8) is 0 Å². The second-order valence-corrected chi connectivity index (χ2v) is 7.41. The van der Waals surface area contributed by atoms with Crippen LogP contribution in [0, 0.1) is 11.3 Å². The molecule has 0 radical (unpaired) electrons. The molecule has 0 bridgehead atoms. The van der Waals surface area contributed by atoms with Gasteiger partial charge in [0.05, 0.1) is 6.10 Å². The quantitative estimate of drug-likeness (QED) is 0.814. The maximum Gasteiger partial charge on any atom is 0.0673 e. The second kappa shape index (κ2) is 8.47. The highest BCUT2D eigenvalue weighted by atomic mass is 16.5. The summed E-state index contributed by atoms with van der Waals surface area (Å²) < 4.78 is 11.4. The van der Waals surface area contributed by atoms with Crippen LogP contribution in [0.1, 0.15) is 40.0 Å². The summed E-state index contributed by atoms with van der Waals surface area (Å²) in [5.41, 5.74) is 0.386.